The summed E-state index contributed by atoms with van der Waals surface area (Å²) in [5, 5.41) is 0. The minimum Gasteiger partial charge on any atom is -0.291 e. The van der Waals surface area contributed by atoms with Crippen molar-refractivity contribution < 1.29 is 4.79 Å². The molecule has 3 heteroatoms. The fourth-order valence-corrected chi connectivity index (χ4v) is 1.15. The first-order chi connectivity index (χ1) is 5.77. The van der Waals surface area contributed by atoms with Crippen molar-refractivity contribution in [3.8, 4) is 0 Å². The molecule has 0 spiro atoms. The standard InChI is InChI=1S/C9H10N2O/c1-6(12)9-10-4-8(5-11-9)7-2-3-7/h4-5,7H,2-3H2,1H3. The van der Waals surface area contributed by atoms with Crippen molar-refractivity contribution in [3.05, 3.63) is 23.8 Å². The van der Waals surface area contributed by atoms with Gasteiger partial charge < -0.3 is 0 Å². The smallest absolute Gasteiger partial charge is 0.196 e. The molecule has 0 aliphatic heterocycles. The predicted octanol–water partition coefficient (Wildman–Crippen LogP) is 1.56. The Morgan fingerprint density at radius 1 is 1.42 bits per heavy atom. The Hall–Kier alpha value is -1.25. The van der Waals surface area contributed by atoms with Crippen molar-refractivity contribution in [2.24, 2.45) is 0 Å². The number of nitrogens with zero attached hydrogens (tertiary/aromatic N) is 2. The van der Waals surface area contributed by atoms with Crippen molar-refractivity contribution in [1.82, 2.24) is 9.97 Å². The van der Waals surface area contributed by atoms with Crippen LogP contribution in [-0.4, -0.2) is 15.8 Å². The quantitative estimate of drug-likeness (QED) is 0.620. The lowest BCUT2D eigenvalue weighted by Crippen LogP contribution is -2.00. The molecule has 1 aromatic rings. The number of carbonyl (C=O) groups excluding carboxylic acids is 1. The molecule has 0 bridgehead atoms. The van der Waals surface area contributed by atoms with E-state index in [0.717, 1.165) is 0 Å². The van der Waals surface area contributed by atoms with Gasteiger partial charge in [0.25, 0.3) is 0 Å². The van der Waals surface area contributed by atoms with E-state index in [1.165, 1.54) is 25.3 Å². The van der Waals surface area contributed by atoms with Crippen molar-refractivity contribution in [2.45, 2.75) is 25.7 Å². The fourth-order valence-electron chi connectivity index (χ4n) is 1.15. The highest BCUT2D eigenvalue weighted by molar-refractivity contribution is 5.90. The van der Waals surface area contributed by atoms with E-state index < -0.39 is 0 Å². The molecule has 2 rings (SSSR count). The maximum Gasteiger partial charge on any atom is 0.196 e. The maximum absolute atomic E-state index is 10.8. The summed E-state index contributed by atoms with van der Waals surface area (Å²) in [7, 11) is 0. The lowest BCUT2D eigenvalue weighted by atomic mass is 10.2. The number of ketones is 1. The Morgan fingerprint density at radius 3 is 2.42 bits per heavy atom. The molecule has 0 radical (unpaired) electrons. The molecule has 0 N–H and O–H groups in total. The van der Waals surface area contributed by atoms with Crippen LogP contribution in [0.25, 0.3) is 0 Å². The molecule has 62 valence electrons. The van der Waals surface area contributed by atoms with Crippen LogP contribution in [0.15, 0.2) is 12.4 Å². The summed E-state index contributed by atoms with van der Waals surface area (Å²) in [4.78, 5) is 18.8. The summed E-state index contributed by atoms with van der Waals surface area (Å²) >= 11 is 0. The molecular formula is C9H10N2O. The SMILES string of the molecule is CC(=O)c1ncc(C2CC2)cn1. The number of carbonyl (C=O) groups is 1. The molecule has 1 aromatic heterocycles. The number of hydrogen-bond acceptors (Lipinski definition) is 3. The van der Waals surface area contributed by atoms with Gasteiger partial charge in [0.2, 0.25) is 0 Å². The Bertz CT molecular complexity index is 301. The minimum absolute atomic E-state index is 0.0719. The van der Waals surface area contributed by atoms with Crippen molar-refractivity contribution in [1.29, 1.82) is 0 Å². The van der Waals surface area contributed by atoms with Crippen molar-refractivity contribution in [2.75, 3.05) is 0 Å². The zero-order valence-electron chi connectivity index (χ0n) is 6.95. The number of Topliss-reactive ketones (excluding diaryl/α,β-unsaturated/α-hetero) is 1. The summed E-state index contributed by atoms with van der Waals surface area (Å²) in [5.74, 6) is 0.905. The molecule has 1 heterocycles. The van der Waals surface area contributed by atoms with Crippen LogP contribution in [0.4, 0.5) is 0 Å². The second-order valence-electron chi connectivity index (χ2n) is 3.17. The van der Waals surface area contributed by atoms with Crippen molar-refractivity contribution in [3.63, 3.8) is 0 Å². The van der Waals surface area contributed by atoms with Gasteiger partial charge >= 0.3 is 0 Å². The van der Waals surface area contributed by atoms with E-state index in [2.05, 4.69) is 9.97 Å². The van der Waals surface area contributed by atoms with Gasteiger partial charge in [-0.05, 0) is 24.3 Å². The highest BCUT2D eigenvalue weighted by atomic mass is 16.1. The normalized spacial score (nSPS) is 16.1. The van der Waals surface area contributed by atoms with Gasteiger partial charge in [0.1, 0.15) is 0 Å². The van der Waals surface area contributed by atoms with E-state index in [1.54, 1.807) is 12.4 Å². The lowest BCUT2D eigenvalue weighted by molar-refractivity contribution is 0.100. The Kier molecular flexibility index (Phi) is 1.64. The van der Waals surface area contributed by atoms with Crippen LogP contribution in [0.2, 0.25) is 0 Å². The van der Waals surface area contributed by atoms with Gasteiger partial charge in [0, 0.05) is 19.3 Å². The highest BCUT2D eigenvalue weighted by Crippen LogP contribution is 2.39. The molecule has 0 aromatic carbocycles. The summed E-state index contributed by atoms with van der Waals surface area (Å²) in [6.45, 7) is 1.48. The first-order valence-corrected chi connectivity index (χ1v) is 4.10. The topological polar surface area (TPSA) is 42.9 Å². The number of rotatable bonds is 2. The molecular weight excluding hydrogens is 152 g/mol. The van der Waals surface area contributed by atoms with Gasteiger partial charge in [-0.25, -0.2) is 9.97 Å². The molecule has 12 heavy (non-hydrogen) atoms. The van der Waals surface area contributed by atoms with Crippen LogP contribution < -0.4 is 0 Å². The largest absolute Gasteiger partial charge is 0.291 e. The van der Waals surface area contributed by atoms with Gasteiger partial charge in [0.15, 0.2) is 11.6 Å². The van der Waals surface area contributed by atoms with E-state index in [1.807, 2.05) is 0 Å². The Balaban J connectivity index is 2.24. The number of aromatic nitrogens is 2. The van der Waals surface area contributed by atoms with E-state index in [0.29, 0.717) is 11.7 Å². The molecule has 1 fully saturated rings. The van der Waals surface area contributed by atoms with Gasteiger partial charge in [-0.3, -0.25) is 4.79 Å². The van der Waals surface area contributed by atoms with Crippen LogP contribution in [0, 0.1) is 0 Å². The first kappa shape index (κ1) is 7.40. The average Bonchev–Trinajstić information content (AvgIpc) is 2.87. The molecule has 0 amide bonds. The minimum atomic E-state index is -0.0719. The number of hydrogen-bond donors (Lipinski definition) is 0. The van der Waals surface area contributed by atoms with Gasteiger partial charge in [-0.2, -0.15) is 0 Å². The Morgan fingerprint density at radius 2 is 2.00 bits per heavy atom. The fraction of sp³-hybridized carbons (Fsp3) is 0.444. The molecule has 0 atom stereocenters. The molecule has 0 saturated heterocycles. The van der Waals surface area contributed by atoms with Gasteiger partial charge in [-0.1, -0.05) is 0 Å². The predicted molar refractivity (Wildman–Crippen MR) is 44.0 cm³/mol. The second kappa shape index (κ2) is 2.66. The zero-order valence-corrected chi connectivity index (χ0v) is 6.95. The van der Waals surface area contributed by atoms with Crippen LogP contribution in [0.1, 0.15) is 41.9 Å². The van der Waals surface area contributed by atoms with Gasteiger partial charge in [-0.15, -0.1) is 0 Å². The maximum atomic E-state index is 10.8. The van der Waals surface area contributed by atoms with E-state index >= 15 is 0 Å². The van der Waals surface area contributed by atoms with E-state index in [9.17, 15) is 4.79 Å². The van der Waals surface area contributed by atoms with Crippen LogP contribution in [0.3, 0.4) is 0 Å². The van der Waals surface area contributed by atoms with Gasteiger partial charge in [0.05, 0.1) is 0 Å². The summed E-state index contributed by atoms with van der Waals surface area (Å²) in [6, 6.07) is 0. The summed E-state index contributed by atoms with van der Waals surface area (Å²) in [5.41, 5.74) is 1.17. The molecule has 0 unspecified atom stereocenters. The van der Waals surface area contributed by atoms with Crippen LogP contribution in [0.5, 0.6) is 0 Å². The third-order valence-electron chi connectivity index (χ3n) is 2.04. The third kappa shape index (κ3) is 1.35. The van der Waals surface area contributed by atoms with Crippen molar-refractivity contribution >= 4 is 5.78 Å². The van der Waals surface area contributed by atoms with Crippen LogP contribution in [-0.2, 0) is 0 Å². The zero-order chi connectivity index (χ0) is 8.55. The van der Waals surface area contributed by atoms with Crippen LogP contribution >= 0.6 is 0 Å². The summed E-state index contributed by atoms with van der Waals surface area (Å²) < 4.78 is 0. The molecule has 3 nitrogen and oxygen atoms in total. The monoisotopic (exact) mass is 162 g/mol. The Labute approximate surface area is 70.9 Å². The van der Waals surface area contributed by atoms with E-state index in [-0.39, 0.29) is 5.78 Å². The molecule has 1 aliphatic carbocycles. The third-order valence-corrected chi connectivity index (χ3v) is 2.04. The van der Waals surface area contributed by atoms with E-state index in [4.69, 9.17) is 0 Å². The highest BCUT2D eigenvalue weighted by Gasteiger charge is 2.24. The summed E-state index contributed by atoms with van der Waals surface area (Å²) in [6.07, 6.45) is 6.01. The average molecular weight is 162 g/mol. The molecule has 1 aliphatic rings. The second-order valence-corrected chi connectivity index (χ2v) is 3.17. The molecule has 1 saturated carbocycles. The first-order valence-electron chi connectivity index (χ1n) is 4.10. The lowest BCUT2D eigenvalue weighted by Gasteiger charge is -1.96.